The molecule has 1 aliphatic heterocycles. The second-order valence-corrected chi connectivity index (χ2v) is 7.03. The zero-order chi connectivity index (χ0) is 22.7. The maximum absolute atomic E-state index is 14.3. The first kappa shape index (κ1) is 21.2. The van der Waals surface area contributed by atoms with Gasteiger partial charge in [-0.1, -0.05) is 12.2 Å². The lowest BCUT2D eigenvalue weighted by Crippen LogP contribution is -2.20. The monoisotopic (exact) mass is 437 g/mol. The van der Waals surface area contributed by atoms with Crippen LogP contribution >= 0.6 is 0 Å². The number of ether oxygens (including phenoxy) is 1. The van der Waals surface area contributed by atoms with E-state index in [0.717, 1.165) is 6.20 Å². The zero-order valence-corrected chi connectivity index (χ0v) is 17.1. The number of amides is 1. The summed E-state index contributed by atoms with van der Waals surface area (Å²) >= 11 is 0. The number of likely N-dealkylation sites (N-methyl/N-ethyl adjacent to an activating group) is 1. The van der Waals surface area contributed by atoms with E-state index in [2.05, 4.69) is 25.9 Å². The maximum Gasteiger partial charge on any atom is 0.244 e. The average molecular weight is 437 g/mol. The van der Waals surface area contributed by atoms with Crippen LogP contribution in [0.25, 0.3) is 0 Å². The summed E-state index contributed by atoms with van der Waals surface area (Å²) in [5.74, 6) is -1.09. The number of carbonyl (C=O) groups is 2. The number of aliphatic hydroxyl groups excluding tert-OH is 1. The predicted molar refractivity (Wildman–Crippen MR) is 115 cm³/mol. The molecular weight excluding hydrogens is 417 g/mol. The number of rotatable bonds is 5. The first-order chi connectivity index (χ1) is 15.4. The van der Waals surface area contributed by atoms with Crippen LogP contribution in [0.5, 0.6) is 5.75 Å². The Bertz CT molecular complexity index is 1170. The normalized spacial score (nSPS) is 18.5. The van der Waals surface area contributed by atoms with E-state index < -0.39 is 23.6 Å². The number of nitrogens with zero attached hydrogens (tertiary/aromatic N) is 2. The highest BCUT2D eigenvalue weighted by Gasteiger charge is 2.21. The molecule has 1 amide bonds. The van der Waals surface area contributed by atoms with Crippen LogP contribution in [0, 0.1) is 5.82 Å². The number of hydrogen-bond donors (Lipinski definition) is 4. The number of Topliss-reactive ketones (excluding diaryl/α,β-unsaturated/α-hetero) is 1. The Morgan fingerprint density at radius 2 is 2.19 bits per heavy atom. The molecule has 1 atom stereocenters. The maximum atomic E-state index is 14.3. The van der Waals surface area contributed by atoms with E-state index in [1.165, 1.54) is 25.3 Å². The summed E-state index contributed by atoms with van der Waals surface area (Å²) in [7, 11) is 1.46. The molecule has 164 valence electrons. The topological polar surface area (TPSA) is 125 Å². The van der Waals surface area contributed by atoms with Crippen molar-refractivity contribution < 1.29 is 23.8 Å². The number of aromatic nitrogens is 2. The lowest BCUT2D eigenvalue weighted by atomic mass is 10.0. The van der Waals surface area contributed by atoms with Crippen LogP contribution in [0.2, 0.25) is 0 Å². The molecule has 1 aliphatic carbocycles. The molecule has 0 fully saturated rings. The smallest absolute Gasteiger partial charge is 0.244 e. The fourth-order valence-corrected chi connectivity index (χ4v) is 3.21. The van der Waals surface area contributed by atoms with E-state index in [1.54, 1.807) is 24.3 Å². The highest BCUT2D eigenvalue weighted by Crippen LogP contribution is 2.34. The van der Waals surface area contributed by atoms with Crippen molar-refractivity contribution >= 4 is 29.1 Å². The summed E-state index contributed by atoms with van der Waals surface area (Å²) in [6, 6.07) is 5.04. The Morgan fingerprint density at radius 1 is 1.34 bits per heavy atom. The molecule has 10 heteroatoms. The first-order valence-electron chi connectivity index (χ1n) is 9.82. The van der Waals surface area contributed by atoms with E-state index in [0.29, 0.717) is 30.0 Å². The van der Waals surface area contributed by atoms with E-state index in [1.807, 2.05) is 0 Å². The Morgan fingerprint density at radius 3 is 3.00 bits per heavy atom. The van der Waals surface area contributed by atoms with Crippen LogP contribution < -0.4 is 20.7 Å². The molecule has 1 aromatic carbocycles. The highest BCUT2D eigenvalue weighted by atomic mass is 19.1. The van der Waals surface area contributed by atoms with Crippen LogP contribution in [0.1, 0.15) is 18.1 Å². The number of anilines is 3. The second-order valence-electron chi connectivity index (χ2n) is 7.03. The van der Waals surface area contributed by atoms with Gasteiger partial charge in [-0.25, -0.2) is 9.37 Å². The number of hydrogen-bond acceptors (Lipinski definition) is 8. The third kappa shape index (κ3) is 4.49. The van der Waals surface area contributed by atoms with Crippen molar-refractivity contribution in [2.75, 3.05) is 24.3 Å². The lowest BCUT2D eigenvalue weighted by Gasteiger charge is -2.22. The van der Waals surface area contributed by atoms with E-state index in [9.17, 15) is 19.1 Å². The first-order valence-corrected chi connectivity index (χ1v) is 9.82. The zero-order valence-electron chi connectivity index (χ0n) is 17.1. The number of aliphatic hydroxyl groups is 1. The van der Waals surface area contributed by atoms with Gasteiger partial charge in [-0.15, -0.1) is 0 Å². The van der Waals surface area contributed by atoms with Gasteiger partial charge in [-0.2, -0.15) is 4.98 Å². The van der Waals surface area contributed by atoms with E-state index in [-0.39, 0.29) is 23.0 Å². The number of allylic oxidation sites excluding steroid dienone is 4. The number of carbonyl (C=O) groups excluding carboxylic acids is 2. The molecule has 0 spiro atoms. The van der Waals surface area contributed by atoms with Crippen LogP contribution in [0.15, 0.2) is 60.0 Å². The number of halogens is 1. The average Bonchev–Trinajstić information content (AvgIpc) is 2.79. The molecule has 2 heterocycles. The molecule has 4 N–H and O–H groups in total. The highest BCUT2D eigenvalue weighted by molar-refractivity contribution is 6.15. The summed E-state index contributed by atoms with van der Waals surface area (Å²) in [5, 5.41) is 18.2. The van der Waals surface area contributed by atoms with Crippen LogP contribution in [0.4, 0.5) is 21.8 Å². The molecule has 2 aromatic rings. The summed E-state index contributed by atoms with van der Waals surface area (Å²) in [5.41, 5.74) is 1.43. The SMILES string of the molecule is CNC(=O)C=C1C=CC=C(Nc2ncc(F)c(Nc3ccc4c(c3)C(O)CCO4)n2)C1=O. The minimum absolute atomic E-state index is 0.00980. The predicted octanol–water partition coefficient (Wildman–Crippen LogP) is 2.28. The molecule has 0 bridgehead atoms. The van der Waals surface area contributed by atoms with E-state index in [4.69, 9.17) is 4.74 Å². The Kier molecular flexibility index (Phi) is 5.95. The number of nitrogens with one attached hydrogen (secondary N) is 3. The largest absolute Gasteiger partial charge is 0.493 e. The van der Waals surface area contributed by atoms with Gasteiger partial charge in [0.2, 0.25) is 17.6 Å². The van der Waals surface area contributed by atoms with Gasteiger partial charge in [-0.05, 0) is 24.3 Å². The van der Waals surface area contributed by atoms with Gasteiger partial charge in [0.15, 0.2) is 11.6 Å². The third-order valence-corrected chi connectivity index (χ3v) is 4.85. The Labute approximate surface area is 182 Å². The fraction of sp³-hybridized carbons (Fsp3) is 0.182. The molecule has 1 aromatic heterocycles. The van der Waals surface area contributed by atoms with Crippen molar-refractivity contribution in [3.8, 4) is 5.75 Å². The minimum atomic E-state index is -0.700. The van der Waals surface area contributed by atoms with Crippen molar-refractivity contribution in [3.05, 3.63) is 71.4 Å². The van der Waals surface area contributed by atoms with Gasteiger partial charge in [0.05, 0.1) is 24.6 Å². The lowest BCUT2D eigenvalue weighted by molar-refractivity contribution is -0.117. The van der Waals surface area contributed by atoms with Crippen molar-refractivity contribution in [3.63, 3.8) is 0 Å². The van der Waals surface area contributed by atoms with Gasteiger partial charge in [-0.3, -0.25) is 9.59 Å². The van der Waals surface area contributed by atoms with Gasteiger partial charge in [0.1, 0.15) is 5.75 Å². The van der Waals surface area contributed by atoms with Crippen molar-refractivity contribution in [2.24, 2.45) is 0 Å². The van der Waals surface area contributed by atoms with Crippen LogP contribution in [-0.4, -0.2) is 40.4 Å². The van der Waals surface area contributed by atoms with Gasteiger partial charge in [0, 0.05) is 36.4 Å². The molecule has 2 aliphatic rings. The molecule has 0 radical (unpaired) electrons. The minimum Gasteiger partial charge on any atom is -0.493 e. The quantitative estimate of drug-likeness (QED) is 0.525. The summed E-state index contributed by atoms with van der Waals surface area (Å²) in [6.07, 6.45) is 6.58. The Hall–Kier alpha value is -4.05. The van der Waals surface area contributed by atoms with E-state index >= 15 is 0 Å². The van der Waals surface area contributed by atoms with Gasteiger partial charge < -0.3 is 25.8 Å². The standard InChI is InChI=1S/C22H20FN5O4/c1-24-19(30)9-12-3-2-4-16(20(12)31)27-22-25-11-15(23)21(28-22)26-13-5-6-18-14(10-13)17(29)7-8-32-18/h2-6,9-11,17,29H,7-8H2,1H3,(H,24,30)(H2,25,26,27,28). The summed E-state index contributed by atoms with van der Waals surface area (Å²) in [6.45, 7) is 0.431. The molecule has 32 heavy (non-hydrogen) atoms. The second kappa shape index (κ2) is 8.98. The Balaban J connectivity index is 1.54. The number of benzene rings is 1. The molecular formula is C22H20FN5O4. The van der Waals surface area contributed by atoms with Crippen LogP contribution in [-0.2, 0) is 9.59 Å². The number of fused-ring (bicyclic) bond motifs is 1. The molecule has 4 rings (SSSR count). The third-order valence-electron chi connectivity index (χ3n) is 4.85. The van der Waals surface area contributed by atoms with Gasteiger partial charge >= 0.3 is 0 Å². The molecule has 0 saturated heterocycles. The summed E-state index contributed by atoms with van der Waals surface area (Å²) in [4.78, 5) is 32.1. The van der Waals surface area contributed by atoms with Crippen molar-refractivity contribution in [2.45, 2.75) is 12.5 Å². The van der Waals surface area contributed by atoms with Crippen molar-refractivity contribution in [1.82, 2.24) is 15.3 Å². The molecule has 1 unspecified atom stereocenters. The van der Waals surface area contributed by atoms with Crippen molar-refractivity contribution in [1.29, 1.82) is 0 Å². The van der Waals surface area contributed by atoms with Crippen LogP contribution in [0.3, 0.4) is 0 Å². The summed E-state index contributed by atoms with van der Waals surface area (Å²) < 4.78 is 19.8. The molecule has 0 saturated carbocycles. The number of ketones is 1. The van der Waals surface area contributed by atoms with Gasteiger partial charge in [0.25, 0.3) is 0 Å². The fourth-order valence-electron chi connectivity index (χ4n) is 3.21. The molecule has 9 nitrogen and oxygen atoms in total.